The average Bonchev–Trinajstić information content (AvgIpc) is 2.85. The Kier molecular flexibility index (Phi) is 6.17. The number of ether oxygens (including phenoxy) is 1. The molecule has 24 heavy (non-hydrogen) atoms. The molecule has 1 amide bonds. The molecule has 1 fully saturated rings. The smallest absolute Gasteiger partial charge is 0.331 e. The summed E-state index contributed by atoms with van der Waals surface area (Å²) < 4.78 is 28.7. The molecule has 8 heteroatoms. The van der Waals surface area contributed by atoms with E-state index in [1.807, 2.05) is 24.3 Å². The van der Waals surface area contributed by atoms with Crippen LogP contribution in [0, 0.1) is 0 Å². The molecule has 1 aromatic rings. The van der Waals surface area contributed by atoms with E-state index >= 15 is 0 Å². The number of carbonyl (C=O) groups is 2. The van der Waals surface area contributed by atoms with E-state index < -0.39 is 33.9 Å². The molecule has 2 atom stereocenters. The molecule has 0 aromatic heterocycles. The van der Waals surface area contributed by atoms with Gasteiger partial charge < -0.3 is 10.1 Å². The van der Waals surface area contributed by atoms with Crippen molar-refractivity contribution in [2.75, 3.05) is 11.5 Å². The van der Waals surface area contributed by atoms with Gasteiger partial charge in [0.2, 0.25) is 0 Å². The monoisotopic (exact) mass is 415 g/mol. The lowest BCUT2D eigenvalue weighted by molar-refractivity contribution is -0.150. The molecule has 1 aliphatic rings. The summed E-state index contributed by atoms with van der Waals surface area (Å²) in [7, 11) is -3.07. The first kappa shape index (κ1) is 18.7. The molecular formula is C16H18BrNO5S. The maximum absolute atomic E-state index is 11.9. The first-order chi connectivity index (χ1) is 11.2. The summed E-state index contributed by atoms with van der Waals surface area (Å²) >= 11 is 3.32. The summed E-state index contributed by atoms with van der Waals surface area (Å²) in [5.41, 5.74) is 0.823. The molecule has 0 radical (unpaired) electrons. The van der Waals surface area contributed by atoms with Crippen molar-refractivity contribution in [2.24, 2.45) is 0 Å². The summed E-state index contributed by atoms with van der Waals surface area (Å²) in [4.78, 5) is 23.7. The third-order valence-electron chi connectivity index (χ3n) is 3.52. The Balaban J connectivity index is 1.82. The fourth-order valence-electron chi connectivity index (χ4n) is 2.23. The van der Waals surface area contributed by atoms with Crippen LogP contribution < -0.4 is 5.32 Å². The highest BCUT2D eigenvalue weighted by atomic mass is 79.9. The Labute approximate surface area is 149 Å². The second-order valence-corrected chi connectivity index (χ2v) is 8.72. The van der Waals surface area contributed by atoms with Gasteiger partial charge in [0, 0.05) is 16.6 Å². The van der Waals surface area contributed by atoms with Gasteiger partial charge in [-0.3, -0.25) is 4.79 Å². The van der Waals surface area contributed by atoms with Crippen LogP contribution in [0.1, 0.15) is 18.9 Å². The molecule has 2 rings (SSSR count). The van der Waals surface area contributed by atoms with E-state index in [0.29, 0.717) is 6.42 Å². The third kappa shape index (κ3) is 5.76. The zero-order chi connectivity index (χ0) is 17.7. The van der Waals surface area contributed by atoms with E-state index in [-0.39, 0.29) is 11.5 Å². The predicted molar refractivity (Wildman–Crippen MR) is 93.9 cm³/mol. The van der Waals surface area contributed by atoms with Gasteiger partial charge >= 0.3 is 5.97 Å². The van der Waals surface area contributed by atoms with Gasteiger partial charge in [-0.15, -0.1) is 0 Å². The average molecular weight is 416 g/mol. The summed E-state index contributed by atoms with van der Waals surface area (Å²) in [6, 6.07) is 6.92. The molecule has 0 bridgehead atoms. The molecule has 1 aliphatic heterocycles. The highest BCUT2D eigenvalue weighted by molar-refractivity contribution is 9.10. The number of esters is 1. The summed E-state index contributed by atoms with van der Waals surface area (Å²) in [5.74, 6) is -1.13. The second kappa shape index (κ2) is 7.94. The van der Waals surface area contributed by atoms with E-state index in [2.05, 4.69) is 21.2 Å². The molecule has 1 heterocycles. The Bertz CT molecular complexity index is 742. The Hall–Kier alpha value is -1.67. The first-order valence-electron chi connectivity index (χ1n) is 7.40. The summed E-state index contributed by atoms with van der Waals surface area (Å²) in [6.07, 6.45) is 2.23. The Morgan fingerprint density at radius 3 is 2.58 bits per heavy atom. The molecule has 0 spiro atoms. The molecule has 1 N–H and O–H groups in total. The molecule has 6 nitrogen and oxygen atoms in total. The molecule has 130 valence electrons. The van der Waals surface area contributed by atoms with Crippen LogP contribution in [-0.4, -0.2) is 43.9 Å². The number of amides is 1. The van der Waals surface area contributed by atoms with E-state index in [9.17, 15) is 18.0 Å². The topological polar surface area (TPSA) is 89.5 Å². The number of benzene rings is 1. The lowest BCUT2D eigenvalue weighted by Gasteiger charge is -2.15. The molecule has 0 unspecified atom stereocenters. The van der Waals surface area contributed by atoms with Gasteiger partial charge in [0.15, 0.2) is 15.9 Å². The lowest BCUT2D eigenvalue weighted by Crippen LogP contribution is -2.42. The zero-order valence-electron chi connectivity index (χ0n) is 13.1. The van der Waals surface area contributed by atoms with Crippen molar-refractivity contribution in [3.8, 4) is 0 Å². The summed E-state index contributed by atoms with van der Waals surface area (Å²) in [5, 5.41) is 2.60. The minimum absolute atomic E-state index is 0.0666. The van der Waals surface area contributed by atoms with E-state index in [0.717, 1.165) is 10.0 Å². The van der Waals surface area contributed by atoms with Crippen LogP contribution in [0.3, 0.4) is 0 Å². The second-order valence-electron chi connectivity index (χ2n) is 5.57. The van der Waals surface area contributed by atoms with Crippen molar-refractivity contribution in [1.82, 2.24) is 5.32 Å². The number of carbonyl (C=O) groups excluding carboxylic acids is 2. The van der Waals surface area contributed by atoms with Crippen molar-refractivity contribution in [1.29, 1.82) is 0 Å². The Morgan fingerprint density at radius 1 is 1.33 bits per heavy atom. The van der Waals surface area contributed by atoms with Crippen molar-refractivity contribution in [3.63, 3.8) is 0 Å². The van der Waals surface area contributed by atoms with Gasteiger partial charge in [0.05, 0.1) is 11.5 Å². The fraction of sp³-hybridized carbons (Fsp3) is 0.375. The van der Waals surface area contributed by atoms with Crippen molar-refractivity contribution < 1.29 is 22.7 Å². The van der Waals surface area contributed by atoms with Crippen LogP contribution in [0.15, 0.2) is 34.8 Å². The minimum Gasteiger partial charge on any atom is -0.449 e. The normalized spacial score (nSPS) is 20.7. The van der Waals surface area contributed by atoms with Crippen LogP contribution in [0.25, 0.3) is 6.08 Å². The predicted octanol–water partition coefficient (Wildman–Crippen LogP) is 1.70. The van der Waals surface area contributed by atoms with Crippen LogP contribution in [-0.2, 0) is 24.2 Å². The van der Waals surface area contributed by atoms with Crippen LogP contribution in [0.2, 0.25) is 0 Å². The molecule has 1 aromatic carbocycles. The van der Waals surface area contributed by atoms with Gasteiger partial charge in [0.25, 0.3) is 5.91 Å². The van der Waals surface area contributed by atoms with E-state index in [1.54, 1.807) is 6.08 Å². The maximum Gasteiger partial charge on any atom is 0.331 e. The third-order valence-corrected chi connectivity index (χ3v) is 5.82. The van der Waals surface area contributed by atoms with Gasteiger partial charge in [-0.1, -0.05) is 28.1 Å². The first-order valence-corrected chi connectivity index (χ1v) is 10.0. The number of sulfone groups is 1. The lowest BCUT2D eigenvalue weighted by atomic mass is 10.2. The van der Waals surface area contributed by atoms with Gasteiger partial charge in [-0.05, 0) is 37.1 Å². The van der Waals surface area contributed by atoms with Crippen LogP contribution >= 0.6 is 15.9 Å². The number of rotatable bonds is 5. The van der Waals surface area contributed by atoms with Crippen molar-refractivity contribution in [3.05, 3.63) is 40.4 Å². The van der Waals surface area contributed by atoms with Gasteiger partial charge in [-0.25, -0.2) is 13.2 Å². The fourth-order valence-corrected chi connectivity index (χ4v) is 4.17. The summed E-state index contributed by atoms with van der Waals surface area (Å²) in [6.45, 7) is 1.45. The number of halogens is 1. The van der Waals surface area contributed by atoms with Crippen molar-refractivity contribution >= 4 is 43.7 Å². The number of hydrogen-bond acceptors (Lipinski definition) is 5. The standard InChI is InChI=1S/C16H18BrNO5S/c1-11(16(20)18-14-8-9-24(21,22)10-14)23-15(19)7-4-12-2-5-13(17)6-3-12/h2-7,11,14H,8-10H2,1H3,(H,18,20)/b7-4+/t11-,14+/m0/s1. The molecule has 0 saturated carbocycles. The molecule has 1 saturated heterocycles. The van der Waals surface area contributed by atoms with E-state index in [1.165, 1.54) is 13.0 Å². The highest BCUT2D eigenvalue weighted by Crippen LogP contribution is 2.13. The Morgan fingerprint density at radius 2 is 2.00 bits per heavy atom. The molecule has 0 aliphatic carbocycles. The largest absolute Gasteiger partial charge is 0.449 e. The van der Waals surface area contributed by atoms with Gasteiger partial charge in [0.1, 0.15) is 0 Å². The number of nitrogens with one attached hydrogen (secondary N) is 1. The van der Waals surface area contributed by atoms with Crippen LogP contribution in [0.4, 0.5) is 0 Å². The minimum atomic E-state index is -3.07. The number of hydrogen-bond donors (Lipinski definition) is 1. The SMILES string of the molecule is C[C@H](OC(=O)/C=C/c1ccc(Br)cc1)C(=O)N[C@@H]1CCS(=O)(=O)C1. The van der Waals surface area contributed by atoms with Crippen molar-refractivity contribution in [2.45, 2.75) is 25.5 Å². The van der Waals surface area contributed by atoms with E-state index in [4.69, 9.17) is 4.74 Å². The highest BCUT2D eigenvalue weighted by Gasteiger charge is 2.30. The zero-order valence-corrected chi connectivity index (χ0v) is 15.5. The van der Waals surface area contributed by atoms with Crippen LogP contribution in [0.5, 0.6) is 0 Å². The van der Waals surface area contributed by atoms with Gasteiger partial charge in [-0.2, -0.15) is 0 Å². The molecular weight excluding hydrogens is 398 g/mol. The quantitative estimate of drug-likeness (QED) is 0.583. The maximum atomic E-state index is 11.9.